The molecule has 1 rings (SSSR count). The second-order valence-corrected chi connectivity index (χ2v) is 5.53. The minimum absolute atomic E-state index is 0.107. The first kappa shape index (κ1) is 12.0. The Kier molecular flexibility index (Phi) is 3.36. The molecule has 1 aromatic rings. The van der Waals surface area contributed by atoms with Crippen LogP contribution in [0.3, 0.4) is 0 Å². The summed E-state index contributed by atoms with van der Waals surface area (Å²) in [6.45, 7) is 1.66. The highest BCUT2D eigenvalue weighted by atomic mass is 35.7. The number of rotatable bonds is 2. The van der Waals surface area contributed by atoms with E-state index in [2.05, 4.69) is 4.74 Å². The highest BCUT2D eigenvalue weighted by molar-refractivity contribution is 8.13. The summed E-state index contributed by atoms with van der Waals surface area (Å²) in [4.78, 5) is 11.1. The average Bonchev–Trinajstić information content (AvgIpc) is 2.14. The van der Waals surface area contributed by atoms with E-state index in [1.807, 2.05) is 0 Å². The largest absolute Gasteiger partial charge is 0.465 e. The lowest BCUT2D eigenvalue weighted by molar-refractivity contribution is 0.0600. The summed E-state index contributed by atoms with van der Waals surface area (Å²) >= 11 is 0. The summed E-state index contributed by atoms with van der Waals surface area (Å²) < 4.78 is 26.6. The molecule has 0 saturated carbocycles. The first-order valence-electron chi connectivity index (χ1n) is 3.99. The molecule has 0 spiro atoms. The first-order valence-corrected chi connectivity index (χ1v) is 6.30. The number of methoxy groups -OCH3 is 1. The quantitative estimate of drug-likeness (QED) is 0.591. The number of aryl methyl sites for hydroxylation is 1. The average molecular weight is 249 g/mol. The highest BCUT2D eigenvalue weighted by Crippen LogP contribution is 2.19. The molecule has 0 atom stereocenters. The number of carbonyl (C=O) groups is 1. The molecule has 0 heterocycles. The first-order chi connectivity index (χ1) is 6.84. The van der Waals surface area contributed by atoms with Gasteiger partial charge in [-0.1, -0.05) is 0 Å². The zero-order chi connectivity index (χ0) is 11.6. The van der Waals surface area contributed by atoms with Gasteiger partial charge in [-0.2, -0.15) is 0 Å². The van der Waals surface area contributed by atoms with Crippen LogP contribution >= 0.6 is 10.7 Å². The van der Waals surface area contributed by atoms with E-state index < -0.39 is 15.0 Å². The smallest absolute Gasteiger partial charge is 0.337 e. The third-order valence-electron chi connectivity index (χ3n) is 1.75. The number of carbonyl (C=O) groups excluding carboxylic acids is 1. The molecule has 15 heavy (non-hydrogen) atoms. The molecule has 0 amide bonds. The molecule has 4 nitrogen and oxygen atoms in total. The Morgan fingerprint density at radius 2 is 1.93 bits per heavy atom. The molecule has 82 valence electrons. The lowest BCUT2D eigenvalue weighted by atomic mass is 10.1. The molecule has 0 aromatic heterocycles. The third kappa shape index (κ3) is 2.94. The molecule has 0 aliphatic carbocycles. The van der Waals surface area contributed by atoms with Gasteiger partial charge in [-0.3, -0.25) is 0 Å². The zero-order valence-corrected chi connectivity index (χ0v) is 9.72. The van der Waals surface area contributed by atoms with Crippen molar-refractivity contribution in [3.8, 4) is 0 Å². The molecule has 0 fully saturated rings. The molecule has 0 radical (unpaired) electrons. The maximum Gasteiger partial charge on any atom is 0.337 e. The molecule has 6 heteroatoms. The van der Waals surface area contributed by atoms with Crippen molar-refractivity contribution in [3.05, 3.63) is 29.3 Å². The molecular formula is C9H9ClO4S. The van der Waals surface area contributed by atoms with Gasteiger partial charge in [0.15, 0.2) is 0 Å². The molecule has 0 aliphatic heterocycles. The van der Waals surface area contributed by atoms with Crippen LogP contribution in [0.4, 0.5) is 0 Å². The van der Waals surface area contributed by atoms with Crippen LogP contribution in [-0.4, -0.2) is 21.5 Å². The summed E-state index contributed by atoms with van der Waals surface area (Å²) in [5, 5.41) is 0. The predicted octanol–water partition coefficient (Wildman–Crippen LogP) is 1.71. The molecule has 1 aromatic carbocycles. The van der Waals surface area contributed by atoms with Crippen molar-refractivity contribution < 1.29 is 17.9 Å². The second-order valence-electron chi connectivity index (χ2n) is 2.96. The standard InChI is InChI=1S/C9H9ClO4S/c1-6-3-7(9(11)14-2)5-8(4-6)15(10,12)13/h3-5H,1-2H3. The number of benzene rings is 1. The fraction of sp³-hybridized carbons (Fsp3) is 0.222. The van der Waals surface area contributed by atoms with E-state index >= 15 is 0 Å². The van der Waals surface area contributed by atoms with Gasteiger partial charge in [-0.05, 0) is 30.7 Å². The van der Waals surface area contributed by atoms with E-state index in [4.69, 9.17) is 10.7 Å². The van der Waals surface area contributed by atoms with E-state index in [9.17, 15) is 13.2 Å². The monoisotopic (exact) mass is 248 g/mol. The summed E-state index contributed by atoms with van der Waals surface area (Å²) in [5.74, 6) is -0.597. The summed E-state index contributed by atoms with van der Waals surface area (Å²) in [6, 6.07) is 4.09. The maximum absolute atomic E-state index is 11.2. The van der Waals surface area contributed by atoms with Crippen molar-refractivity contribution in [2.24, 2.45) is 0 Å². The van der Waals surface area contributed by atoms with Crippen LogP contribution in [0.25, 0.3) is 0 Å². The number of esters is 1. The van der Waals surface area contributed by atoms with Gasteiger partial charge in [0.05, 0.1) is 17.6 Å². The minimum Gasteiger partial charge on any atom is -0.465 e. The van der Waals surface area contributed by atoms with Crippen molar-refractivity contribution in [2.75, 3.05) is 7.11 Å². The summed E-state index contributed by atoms with van der Waals surface area (Å²) in [7, 11) is 2.57. The van der Waals surface area contributed by atoms with Gasteiger partial charge in [0.25, 0.3) is 9.05 Å². The molecule has 0 saturated heterocycles. The van der Waals surface area contributed by atoms with Crippen molar-refractivity contribution in [3.63, 3.8) is 0 Å². The Bertz CT molecular complexity index is 493. The fourth-order valence-corrected chi connectivity index (χ4v) is 1.99. The Hall–Kier alpha value is -1.07. The lowest BCUT2D eigenvalue weighted by Gasteiger charge is -2.03. The molecule has 0 unspecified atom stereocenters. The Labute approximate surface area is 92.2 Å². The van der Waals surface area contributed by atoms with E-state index in [1.54, 1.807) is 6.92 Å². The Morgan fingerprint density at radius 1 is 1.33 bits per heavy atom. The zero-order valence-electron chi connectivity index (χ0n) is 8.15. The fourth-order valence-electron chi connectivity index (χ4n) is 1.12. The SMILES string of the molecule is COC(=O)c1cc(C)cc(S(=O)(=O)Cl)c1. The van der Waals surface area contributed by atoms with Crippen LogP contribution in [-0.2, 0) is 13.8 Å². The highest BCUT2D eigenvalue weighted by Gasteiger charge is 2.14. The number of halogens is 1. The van der Waals surface area contributed by atoms with Crippen molar-refractivity contribution in [1.29, 1.82) is 0 Å². The number of hydrogen-bond donors (Lipinski definition) is 0. The van der Waals surface area contributed by atoms with Gasteiger partial charge in [-0.25, -0.2) is 13.2 Å². The van der Waals surface area contributed by atoms with Gasteiger partial charge in [0.1, 0.15) is 0 Å². The van der Waals surface area contributed by atoms with Crippen LogP contribution < -0.4 is 0 Å². The van der Waals surface area contributed by atoms with Gasteiger partial charge < -0.3 is 4.74 Å². The molecule has 0 N–H and O–H groups in total. The Morgan fingerprint density at radius 3 is 2.40 bits per heavy atom. The normalized spacial score (nSPS) is 11.1. The predicted molar refractivity (Wildman–Crippen MR) is 55.6 cm³/mol. The van der Waals surface area contributed by atoms with Gasteiger partial charge in [-0.15, -0.1) is 0 Å². The van der Waals surface area contributed by atoms with Crippen molar-refractivity contribution in [1.82, 2.24) is 0 Å². The third-order valence-corrected chi connectivity index (χ3v) is 3.09. The van der Waals surface area contributed by atoms with Crippen molar-refractivity contribution >= 4 is 25.7 Å². The van der Waals surface area contributed by atoms with E-state index in [0.29, 0.717) is 5.56 Å². The van der Waals surface area contributed by atoms with E-state index in [0.717, 1.165) is 0 Å². The minimum atomic E-state index is -3.83. The van der Waals surface area contributed by atoms with Crippen LogP contribution in [0, 0.1) is 6.92 Å². The lowest BCUT2D eigenvalue weighted by Crippen LogP contribution is -2.03. The topological polar surface area (TPSA) is 60.4 Å². The number of ether oxygens (including phenoxy) is 1. The van der Waals surface area contributed by atoms with Crippen LogP contribution in [0.15, 0.2) is 23.1 Å². The van der Waals surface area contributed by atoms with Crippen molar-refractivity contribution in [2.45, 2.75) is 11.8 Å². The van der Waals surface area contributed by atoms with Crippen LogP contribution in [0.5, 0.6) is 0 Å². The van der Waals surface area contributed by atoms with E-state index in [-0.39, 0.29) is 10.5 Å². The molecular weight excluding hydrogens is 240 g/mol. The number of hydrogen-bond acceptors (Lipinski definition) is 4. The Balaban J connectivity index is 3.35. The maximum atomic E-state index is 11.2. The second kappa shape index (κ2) is 4.20. The summed E-state index contributed by atoms with van der Waals surface area (Å²) in [5.41, 5.74) is 0.786. The van der Waals surface area contributed by atoms with E-state index in [1.165, 1.54) is 25.3 Å². The van der Waals surface area contributed by atoms with Crippen LogP contribution in [0.1, 0.15) is 15.9 Å². The molecule has 0 bridgehead atoms. The van der Waals surface area contributed by atoms with Gasteiger partial charge in [0.2, 0.25) is 0 Å². The summed E-state index contributed by atoms with van der Waals surface area (Å²) in [6.07, 6.45) is 0. The van der Waals surface area contributed by atoms with Gasteiger partial charge >= 0.3 is 5.97 Å². The van der Waals surface area contributed by atoms with Gasteiger partial charge in [0, 0.05) is 10.7 Å². The van der Waals surface area contributed by atoms with Crippen LogP contribution in [0.2, 0.25) is 0 Å². The molecule has 0 aliphatic rings.